The van der Waals surface area contributed by atoms with Crippen LogP contribution in [-0.2, 0) is 0 Å². The number of nitrogens with zero attached hydrogens (tertiary/aromatic N) is 6. The lowest BCUT2D eigenvalue weighted by molar-refractivity contribution is 1.26. The highest BCUT2D eigenvalue weighted by molar-refractivity contribution is 5.25. The van der Waals surface area contributed by atoms with E-state index < -0.39 is 0 Å². The van der Waals surface area contributed by atoms with Crippen molar-refractivity contribution in [3.8, 4) is 18.2 Å². The molecule has 3 aromatic rings. The average Bonchev–Trinajstić information content (AvgIpc) is 2.71. The summed E-state index contributed by atoms with van der Waals surface area (Å²) in [5.74, 6) is 0. The van der Waals surface area contributed by atoms with Crippen molar-refractivity contribution in [3.63, 3.8) is 0 Å². The highest BCUT2D eigenvalue weighted by Gasteiger charge is 1.82. The molecule has 6 nitrogen and oxygen atoms in total. The summed E-state index contributed by atoms with van der Waals surface area (Å²) >= 11 is 0. The van der Waals surface area contributed by atoms with Crippen molar-refractivity contribution in [1.29, 1.82) is 15.8 Å². The molecule has 0 radical (unpaired) electrons. The number of nitriles is 3. The van der Waals surface area contributed by atoms with E-state index in [1.807, 2.05) is 18.2 Å². The number of rotatable bonds is 0. The van der Waals surface area contributed by atoms with Crippen LogP contribution in [0.5, 0.6) is 0 Å². The van der Waals surface area contributed by atoms with Gasteiger partial charge in [-0.3, -0.25) is 9.97 Å². The summed E-state index contributed by atoms with van der Waals surface area (Å²) in [6.45, 7) is 0. The van der Waals surface area contributed by atoms with E-state index >= 15 is 0 Å². The van der Waals surface area contributed by atoms with Gasteiger partial charge in [0.1, 0.15) is 17.8 Å². The lowest BCUT2D eigenvalue weighted by Gasteiger charge is -1.79. The first-order valence-electron chi connectivity index (χ1n) is 6.71. The summed E-state index contributed by atoms with van der Waals surface area (Å²) in [7, 11) is 0. The van der Waals surface area contributed by atoms with Crippen LogP contribution in [0.1, 0.15) is 16.8 Å². The van der Waals surface area contributed by atoms with E-state index in [0.717, 1.165) is 0 Å². The maximum atomic E-state index is 8.26. The number of hydrogen-bond donors (Lipinski definition) is 0. The molecule has 0 aromatic carbocycles. The van der Waals surface area contributed by atoms with Gasteiger partial charge in [-0.1, -0.05) is 6.07 Å². The van der Waals surface area contributed by atoms with Crippen LogP contribution < -0.4 is 0 Å². The zero-order valence-corrected chi connectivity index (χ0v) is 12.6. The quantitative estimate of drug-likeness (QED) is 0.631. The second-order valence-corrected chi connectivity index (χ2v) is 4.03. The summed E-state index contributed by atoms with van der Waals surface area (Å²) < 4.78 is 0. The molecule has 0 atom stereocenters. The van der Waals surface area contributed by atoms with Crippen LogP contribution in [-0.4, -0.2) is 15.0 Å². The standard InChI is InChI=1S/3C6H4N2/c7-5-6-1-3-8-4-2-6;7-4-6-2-1-3-8-5-6;7-5-6-3-1-2-4-8-6/h1-4H;1-3,5H;1-4H. The topological polar surface area (TPSA) is 110 Å². The minimum atomic E-state index is 0.465. The van der Waals surface area contributed by atoms with Gasteiger partial charge in [0.15, 0.2) is 0 Å². The van der Waals surface area contributed by atoms with Gasteiger partial charge in [-0.2, -0.15) is 15.8 Å². The average molecular weight is 312 g/mol. The van der Waals surface area contributed by atoms with Crippen molar-refractivity contribution in [1.82, 2.24) is 15.0 Å². The van der Waals surface area contributed by atoms with Crippen LogP contribution in [0.2, 0.25) is 0 Å². The van der Waals surface area contributed by atoms with Crippen LogP contribution in [0.3, 0.4) is 0 Å². The molecule has 114 valence electrons. The van der Waals surface area contributed by atoms with Gasteiger partial charge in [0.25, 0.3) is 0 Å². The Morgan fingerprint density at radius 2 is 1.38 bits per heavy atom. The summed E-state index contributed by atoms with van der Waals surface area (Å²) in [6.07, 6.45) is 7.95. The molecule has 0 aliphatic rings. The normalized spacial score (nSPS) is 7.88. The molecule has 0 aliphatic carbocycles. The largest absolute Gasteiger partial charge is 0.265 e. The number of hydrogen-bond acceptors (Lipinski definition) is 6. The fourth-order valence-electron chi connectivity index (χ4n) is 1.28. The van der Waals surface area contributed by atoms with Crippen LogP contribution in [0.4, 0.5) is 0 Å². The zero-order chi connectivity index (χ0) is 17.5. The van der Waals surface area contributed by atoms with Gasteiger partial charge in [-0.25, -0.2) is 4.98 Å². The Bertz CT molecular complexity index is 710. The Morgan fingerprint density at radius 1 is 0.625 bits per heavy atom. The van der Waals surface area contributed by atoms with Gasteiger partial charge < -0.3 is 0 Å². The highest BCUT2D eigenvalue weighted by atomic mass is 14.7. The lowest BCUT2D eigenvalue weighted by Crippen LogP contribution is -1.75. The summed E-state index contributed by atoms with van der Waals surface area (Å²) in [5, 5.41) is 24.7. The smallest absolute Gasteiger partial charge is 0.140 e. The highest BCUT2D eigenvalue weighted by Crippen LogP contribution is 1.90. The van der Waals surface area contributed by atoms with Crippen molar-refractivity contribution < 1.29 is 0 Å². The van der Waals surface area contributed by atoms with Crippen LogP contribution >= 0.6 is 0 Å². The Hall–Kier alpha value is -4.08. The SMILES string of the molecule is N#Cc1ccccn1.N#Cc1cccnc1.N#Cc1ccncc1. The zero-order valence-electron chi connectivity index (χ0n) is 12.6. The van der Waals surface area contributed by atoms with E-state index in [1.165, 1.54) is 6.20 Å². The predicted octanol–water partition coefficient (Wildman–Crippen LogP) is 2.86. The van der Waals surface area contributed by atoms with E-state index in [1.54, 1.807) is 67.3 Å². The number of aromatic nitrogens is 3. The van der Waals surface area contributed by atoms with Crippen molar-refractivity contribution in [2.24, 2.45) is 0 Å². The summed E-state index contributed by atoms with van der Waals surface area (Å²) in [5.41, 5.74) is 1.72. The van der Waals surface area contributed by atoms with E-state index in [2.05, 4.69) is 15.0 Å². The lowest BCUT2D eigenvalue weighted by atomic mass is 10.3. The second kappa shape index (κ2) is 11.6. The van der Waals surface area contributed by atoms with Crippen molar-refractivity contribution in [3.05, 3.63) is 90.3 Å². The molecule has 0 saturated carbocycles. The first-order chi connectivity index (χ1) is 11.8. The van der Waals surface area contributed by atoms with Crippen molar-refractivity contribution in [2.45, 2.75) is 0 Å². The first kappa shape index (κ1) is 18.0. The minimum Gasteiger partial charge on any atom is -0.265 e. The summed E-state index contributed by atoms with van der Waals surface area (Å²) in [6, 6.07) is 17.9. The first-order valence-corrected chi connectivity index (χ1v) is 6.71. The molecule has 0 saturated heterocycles. The van der Waals surface area contributed by atoms with Gasteiger partial charge in [0.2, 0.25) is 0 Å². The van der Waals surface area contributed by atoms with E-state index in [-0.39, 0.29) is 0 Å². The third kappa shape index (κ3) is 7.64. The molecular weight excluding hydrogens is 300 g/mol. The molecule has 0 N–H and O–H groups in total. The van der Waals surface area contributed by atoms with E-state index in [9.17, 15) is 0 Å². The molecule has 6 heteroatoms. The minimum absolute atomic E-state index is 0.465. The van der Waals surface area contributed by atoms with E-state index in [0.29, 0.717) is 16.8 Å². The fraction of sp³-hybridized carbons (Fsp3) is 0. The molecule has 3 rings (SSSR count). The second-order valence-electron chi connectivity index (χ2n) is 4.03. The van der Waals surface area contributed by atoms with Gasteiger partial charge in [0.05, 0.1) is 17.2 Å². The van der Waals surface area contributed by atoms with Crippen LogP contribution in [0.25, 0.3) is 0 Å². The van der Waals surface area contributed by atoms with Gasteiger partial charge >= 0.3 is 0 Å². The van der Waals surface area contributed by atoms with Crippen LogP contribution in [0, 0.1) is 34.0 Å². The molecule has 0 amide bonds. The van der Waals surface area contributed by atoms with Crippen molar-refractivity contribution in [2.75, 3.05) is 0 Å². The van der Waals surface area contributed by atoms with E-state index in [4.69, 9.17) is 15.8 Å². The molecular formula is C18H12N6. The fourth-order valence-corrected chi connectivity index (χ4v) is 1.28. The molecule has 0 aliphatic heterocycles. The molecule has 24 heavy (non-hydrogen) atoms. The van der Waals surface area contributed by atoms with Gasteiger partial charge in [0, 0.05) is 31.0 Å². The Kier molecular flexibility index (Phi) is 8.66. The Balaban J connectivity index is 0.000000180. The number of pyridine rings is 3. The van der Waals surface area contributed by atoms with Crippen LogP contribution in [0.15, 0.2) is 73.4 Å². The molecule has 3 aromatic heterocycles. The molecule has 0 bridgehead atoms. The maximum absolute atomic E-state index is 8.26. The van der Waals surface area contributed by atoms with Gasteiger partial charge in [-0.05, 0) is 36.4 Å². The van der Waals surface area contributed by atoms with Gasteiger partial charge in [-0.15, -0.1) is 0 Å². The van der Waals surface area contributed by atoms with Crippen molar-refractivity contribution >= 4 is 0 Å². The Morgan fingerprint density at radius 3 is 1.75 bits per heavy atom. The molecule has 0 spiro atoms. The third-order valence-electron chi connectivity index (χ3n) is 2.38. The summed E-state index contributed by atoms with van der Waals surface area (Å²) in [4.78, 5) is 11.2. The molecule has 0 fully saturated rings. The molecule has 3 heterocycles. The molecule has 0 unspecified atom stereocenters. The predicted molar refractivity (Wildman–Crippen MR) is 86.9 cm³/mol. The Labute approximate surface area is 139 Å². The monoisotopic (exact) mass is 312 g/mol. The maximum Gasteiger partial charge on any atom is 0.140 e. The third-order valence-corrected chi connectivity index (χ3v) is 2.38.